The van der Waals surface area contributed by atoms with E-state index in [-0.39, 0.29) is 0 Å². The maximum Gasteiger partial charge on any atom is 0.0529 e. The van der Waals surface area contributed by atoms with Crippen molar-refractivity contribution >= 4 is 10.9 Å². The molecule has 0 unspecified atom stereocenters. The second-order valence-electron chi connectivity index (χ2n) is 5.46. The minimum absolute atomic E-state index is 0.926. The third-order valence-electron chi connectivity index (χ3n) is 3.81. The quantitative estimate of drug-likeness (QED) is 0.669. The molecule has 0 aliphatic carbocycles. The molecule has 0 aliphatic rings. The number of hydrogen-bond acceptors (Lipinski definition) is 1. The monoisotopic (exact) mass is 278 g/mol. The summed E-state index contributed by atoms with van der Waals surface area (Å²) in [6, 6.07) is 19.4. The van der Waals surface area contributed by atoms with E-state index in [4.69, 9.17) is 0 Å². The molecule has 0 radical (unpaired) electrons. The molecule has 0 spiro atoms. The van der Waals surface area contributed by atoms with Crippen LogP contribution >= 0.6 is 0 Å². The summed E-state index contributed by atoms with van der Waals surface area (Å²) in [6.45, 7) is 5.13. The summed E-state index contributed by atoms with van der Waals surface area (Å²) in [6.07, 6.45) is 3.36. The van der Waals surface area contributed by atoms with E-state index in [1.54, 1.807) is 0 Å². The molecular formula is C19H22N2. The molecule has 0 fully saturated rings. The normalized spacial score (nSPS) is 11.1. The van der Waals surface area contributed by atoms with Gasteiger partial charge < -0.3 is 9.88 Å². The molecule has 2 aromatic carbocycles. The van der Waals surface area contributed by atoms with Crippen LogP contribution in [0.25, 0.3) is 10.9 Å². The molecule has 3 rings (SSSR count). The number of nitrogens with one attached hydrogen (secondary N) is 1. The van der Waals surface area contributed by atoms with Crippen LogP contribution < -0.4 is 5.32 Å². The summed E-state index contributed by atoms with van der Waals surface area (Å²) < 4.78 is 2.35. The van der Waals surface area contributed by atoms with E-state index in [1.165, 1.54) is 28.5 Å². The van der Waals surface area contributed by atoms with Crippen LogP contribution in [0.1, 0.15) is 24.5 Å². The van der Waals surface area contributed by atoms with Gasteiger partial charge in [-0.05, 0) is 35.5 Å². The zero-order valence-electron chi connectivity index (χ0n) is 12.5. The lowest BCUT2D eigenvalue weighted by molar-refractivity contribution is 0.675. The lowest BCUT2D eigenvalue weighted by atomic mass is 10.1. The molecule has 0 aliphatic heterocycles. The van der Waals surface area contributed by atoms with Crippen LogP contribution in [-0.4, -0.2) is 11.1 Å². The Balaban J connectivity index is 1.91. The zero-order valence-corrected chi connectivity index (χ0v) is 12.5. The van der Waals surface area contributed by atoms with Gasteiger partial charge in [-0.15, -0.1) is 0 Å². The largest absolute Gasteiger partial charge is 0.343 e. The van der Waals surface area contributed by atoms with E-state index in [0.717, 1.165) is 19.6 Å². The first-order valence-electron chi connectivity index (χ1n) is 7.70. The number of fused-ring (bicyclic) bond motifs is 1. The Morgan fingerprint density at radius 1 is 0.952 bits per heavy atom. The molecule has 2 heteroatoms. The molecule has 108 valence electrons. The highest BCUT2D eigenvalue weighted by Crippen LogP contribution is 2.21. The third kappa shape index (κ3) is 3.17. The first-order valence-corrected chi connectivity index (χ1v) is 7.70. The topological polar surface area (TPSA) is 17.0 Å². The van der Waals surface area contributed by atoms with Gasteiger partial charge in [-0.2, -0.15) is 0 Å². The SMILES string of the molecule is CCCNCc1cccc2ccn(Cc3ccccc3)c12. The van der Waals surface area contributed by atoms with Gasteiger partial charge in [-0.3, -0.25) is 0 Å². The predicted octanol–water partition coefficient (Wildman–Crippen LogP) is 4.19. The van der Waals surface area contributed by atoms with Crippen LogP contribution in [-0.2, 0) is 13.1 Å². The highest BCUT2D eigenvalue weighted by atomic mass is 15.0. The smallest absolute Gasteiger partial charge is 0.0529 e. The van der Waals surface area contributed by atoms with Crippen molar-refractivity contribution in [1.29, 1.82) is 0 Å². The van der Waals surface area contributed by atoms with Crippen LogP contribution in [0.15, 0.2) is 60.8 Å². The molecule has 2 nitrogen and oxygen atoms in total. The molecule has 1 heterocycles. The number of rotatable bonds is 6. The summed E-state index contributed by atoms with van der Waals surface area (Å²) >= 11 is 0. The second kappa shape index (κ2) is 6.59. The number of para-hydroxylation sites is 1. The van der Waals surface area contributed by atoms with E-state index >= 15 is 0 Å². The van der Waals surface area contributed by atoms with Gasteiger partial charge in [0, 0.05) is 19.3 Å². The van der Waals surface area contributed by atoms with E-state index in [2.05, 4.69) is 77.6 Å². The predicted molar refractivity (Wildman–Crippen MR) is 89.5 cm³/mol. The summed E-state index contributed by atoms with van der Waals surface area (Å²) in [5.41, 5.74) is 4.07. The molecule has 1 N–H and O–H groups in total. The molecule has 0 saturated heterocycles. The van der Waals surface area contributed by atoms with Gasteiger partial charge in [-0.1, -0.05) is 55.5 Å². The summed E-state index contributed by atoms with van der Waals surface area (Å²) in [5, 5.41) is 4.83. The van der Waals surface area contributed by atoms with Gasteiger partial charge in [0.15, 0.2) is 0 Å². The molecule has 0 saturated carbocycles. The van der Waals surface area contributed by atoms with Gasteiger partial charge in [0.1, 0.15) is 0 Å². The fourth-order valence-corrected chi connectivity index (χ4v) is 2.80. The fraction of sp³-hybridized carbons (Fsp3) is 0.263. The average molecular weight is 278 g/mol. The first-order chi connectivity index (χ1) is 10.4. The van der Waals surface area contributed by atoms with Crippen molar-refractivity contribution in [3.63, 3.8) is 0 Å². The Bertz CT molecular complexity index is 698. The molecule has 0 bridgehead atoms. The molecule has 21 heavy (non-hydrogen) atoms. The van der Waals surface area contributed by atoms with Crippen molar-refractivity contribution < 1.29 is 0 Å². The maximum atomic E-state index is 3.51. The van der Waals surface area contributed by atoms with Crippen LogP contribution in [0.2, 0.25) is 0 Å². The number of benzene rings is 2. The summed E-state index contributed by atoms with van der Waals surface area (Å²) in [7, 11) is 0. The van der Waals surface area contributed by atoms with Crippen molar-refractivity contribution in [2.24, 2.45) is 0 Å². The molecular weight excluding hydrogens is 256 g/mol. The average Bonchev–Trinajstić information content (AvgIpc) is 2.93. The van der Waals surface area contributed by atoms with Gasteiger partial charge >= 0.3 is 0 Å². The number of hydrogen-bond donors (Lipinski definition) is 1. The van der Waals surface area contributed by atoms with Crippen molar-refractivity contribution in [2.45, 2.75) is 26.4 Å². The molecule has 1 aromatic heterocycles. The zero-order chi connectivity index (χ0) is 14.5. The summed E-state index contributed by atoms with van der Waals surface area (Å²) in [5.74, 6) is 0. The Kier molecular flexibility index (Phi) is 4.37. The third-order valence-corrected chi connectivity index (χ3v) is 3.81. The lowest BCUT2D eigenvalue weighted by Gasteiger charge is -2.11. The van der Waals surface area contributed by atoms with E-state index in [0.29, 0.717) is 0 Å². The maximum absolute atomic E-state index is 3.51. The molecule has 0 amide bonds. The van der Waals surface area contributed by atoms with Crippen LogP contribution in [0.3, 0.4) is 0 Å². The van der Waals surface area contributed by atoms with Crippen molar-refractivity contribution in [3.8, 4) is 0 Å². The van der Waals surface area contributed by atoms with Gasteiger partial charge in [0.05, 0.1) is 5.52 Å². The van der Waals surface area contributed by atoms with Crippen molar-refractivity contribution in [1.82, 2.24) is 9.88 Å². The minimum atomic E-state index is 0.926. The number of nitrogens with zero attached hydrogens (tertiary/aromatic N) is 1. The van der Waals surface area contributed by atoms with Crippen LogP contribution in [0, 0.1) is 0 Å². The Labute approximate surface area is 126 Å². The summed E-state index contributed by atoms with van der Waals surface area (Å²) in [4.78, 5) is 0. The van der Waals surface area contributed by atoms with Gasteiger partial charge in [0.25, 0.3) is 0 Å². The second-order valence-corrected chi connectivity index (χ2v) is 5.46. The van der Waals surface area contributed by atoms with Crippen LogP contribution in [0.5, 0.6) is 0 Å². The standard InChI is InChI=1S/C19H22N2/c1-2-12-20-14-18-10-6-9-17-11-13-21(19(17)18)15-16-7-4-3-5-8-16/h3-11,13,20H,2,12,14-15H2,1H3. The first kappa shape index (κ1) is 13.9. The Morgan fingerprint density at radius 3 is 2.62 bits per heavy atom. The molecule has 0 atom stereocenters. The van der Waals surface area contributed by atoms with E-state index < -0.39 is 0 Å². The highest BCUT2D eigenvalue weighted by molar-refractivity contribution is 5.83. The van der Waals surface area contributed by atoms with E-state index in [9.17, 15) is 0 Å². The van der Waals surface area contributed by atoms with Crippen molar-refractivity contribution in [2.75, 3.05) is 6.54 Å². The Hall–Kier alpha value is -2.06. The van der Waals surface area contributed by atoms with Crippen LogP contribution in [0.4, 0.5) is 0 Å². The van der Waals surface area contributed by atoms with Crippen molar-refractivity contribution in [3.05, 3.63) is 71.9 Å². The molecule has 3 aromatic rings. The van der Waals surface area contributed by atoms with E-state index in [1.807, 2.05) is 0 Å². The highest BCUT2D eigenvalue weighted by Gasteiger charge is 2.06. The van der Waals surface area contributed by atoms with Gasteiger partial charge in [-0.25, -0.2) is 0 Å². The van der Waals surface area contributed by atoms with Gasteiger partial charge in [0.2, 0.25) is 0 Å². The lowest BCUT2D eigenvalue weighted by Crippen LogP contribution is -2.14. The fourth-order valence-electron chi connectivity index (χ4n) is 2.80. The minimum Gasteiger partial charge on any atom is -0.343 e. The number of aromatic nitrogens is 1. The Morgan fingerprint density at radius 2 is 1.81 bits per heavy atom.